The van der Waals surface area contributed by atoms with Gasteiger partial charge >= 0.3 is 0 Å². The van der Waals surface area contributed by atoms with E-state index in [2.05, 4.69) is 482 Å². The number of rotatable bonds is 2. The lowest BCUT2D eigenvalue weighted by atomic mass is 9.82. The molecule has 0 unspecified atom stereocenters. The molecule has 0 fully saturated rings. The fraction of sp³-hybridized carbons (Fsp3) is 0.383. The third kappa shape index (κ3) is 71.5. The minimum atomic E-state index is 0.160. The molecule has 0 bridgehead atoms. The summed E-state index contributed by atoms with van der Waals surface area (Å²) in [6.07, 6.45) is 0. The van der Waals surface area contributed by atoms with Crippen LogP contribution in [-0.2, 0) is 5.41 Å². The van der Waals surface area contributed by atoms with Gasteiger partial charge in [-0.3, -0.25) is 0 Å². The standard InChI is InChI=1S/C15H14.C12H8O.C12H8S.2C12H10.C10H8.C7H8.C6H6.7C5H12.6C2H6/c1-15(2)13-9-5-3-7-11(13)12-8-4-6-10-14(12)15;2*1-3-7-11-9(5-1)10-6-2-4-8-12(10)13-11;2*1-3-7-11(8-4-1)12-9-5-2-6-10-12;1-2-6-10-8-4-3-7-9(10)5-1;1-7-5-3-2-4-6-7;1-2-4-6-5-3-1;7*1-5(2,3)4;6*1-2/h3-10H,1-2H3;2*1-8H;2*1-10H;1-8H;2-6H,1H3;1-6H;7*1-4H3;6*1-2H3. The molecule has 2 heteroatoms. The van der Waals surface area contributed by atoms with Crippen molar-refractivity contribution in [3.63, 3.8) is 0 Å². The minimum absolute atomic E-state index is 0.160. The maximum atomic E-state index is 5.65. The van der Waals surface area contributed by atoms with Gasteiger partial charge in [0.15, 0.2) is 0 Å². The van der Waals surface area contributed by atoms with Crippen LogP contribution in [0.25, 0.3) is 86.3 Å². The van der Waals surface area contributed by atoms with Crippen LogP contribution in [0.4, 0.5) is 0 Å². The number of furan rings is 1. The molecule has 14 aromatic carbocycles. The van der Waals surface area contributed by atoms with E-state index in [4.69, 9.17) is 4.42 Å². The quantitative estimate of drug-likeness (QED) is 0.168. The minimum Gasteiger partial charge on any atom is -0.456 e. The third-order valence-electron chi connectivity index (χ3n) is 15.1. The predicted molar refractivity (Wildman–Crippen MR) is 626 cm³/mol. The largest absolute Gasteiger partial charge is 0.456 e. The molecule has 0 N–H and O–H groups in total. The smallest absolute Gasteiger partial charge is 0.135 e. The molecule has 16 aromatic rings. The van der Waals surface area contributed by atoms with Gasteiger partial charge in [0.2, 0.25) is 0 Å². The molecule has 0 saturated carbocycles. The van der Waals surface area contributed by atoms with E-state index >= 15 is 0 Å². The second-order valence-corrected chi connectivity index (χ2v) is 43.6. The van der Waals surface area contributed by atoms with Crippen LogP contribution in [-0.4, -0.2) is 0 Å². The Morgan fingerprint density at radius 1 is 0.185 bits per heavy atom. The van der Waals surface area contributed by atoms with E-state index in [9.17, 15) is 0 Å². The van der Waals surface area contributed by atoms with Gasteiger partial charge in [-0.15, -0.1) is 11.3 Å². The zero-order valence-electron chi connectivity index (χ0n) is 93.7. The summed E-state index contributed by atoms with van der Waals surface area (Å²) in [6.45, 7) is 91.9. The Kier molecular flexibility index (Phi) is 70.4. The van der Waals surface area contributed by atoms with Crippen molar-refractivity contribution in [2.24, 2.45) is 37.9 Å². The molecule has 1 aliphatic carbocycles. The van der Waals surface area contributed by atoms with Gasteiger partial charge in [0, 0.05) is 36.4 Å². The lowest BCUT2D eigenvalue weighted by molar-refractivity contribution is 0.469. The second kappa shape index (κ2) is 72.7. The fourth-order valence-electron chi connectivity index (χ4n) is 10.6. The SMILES string of the molecule is CC.CC.CC.CC.CC.CC.CC(C)(C)C.CC(C)(C)C.CC(C)(C)C.CC(C)(C)C.CC(C)(C)C.CC(C)(C)C.CC(C)(C)C.CC1(C)c2ccccc2-c2ccccc21.Cc1ccccc1.c1ccc(-c2ccccc2)cc1.c1ccc(-c2ccccc2)cc1.c1ccc2c(c1)oc1ccccc12.c1ccc2c(c1)sc1ccccc12.c1ccc2ccccc2c1.c1ccccc1. The van der Waals surface area contributed by atoms with Crippen LogP contribution in [0, 0.1) is 44.8 Å². The summed E-state index contributed by atoms with van der Waals surface area (Å²) in [5.74, 6) is 0. The Bertz CT molecular complexity index is 4730. The maximum absolute atomic E-state index is 5.65. The van der Waals surface area contributed by atoms with E-state index in [1.165, 1.54) is 91.8 Å². The molecule has 0 saturated heterocycles. The Labute approximate surface area is 836 Å². The van der Waals surface area contributed by atoms with Gasteiger partial charge in [0.1, 0.15) is 11.2 Å². The van der Waals surface area contributed by atoms with E-state index in [1.807, 2.05) is 210 Å². The van der Waals surface area contributed by atoms with E-state index in [1.54, 1.807) is 0 Å². The van der Waals surface area contributed by atoms with E-state index in [0.717, 1.165) is 11.2 Å². The molecule has 0 aliphatic heterocycles. The van der Waals surface area contributed by atoms with Crippen LogP contribution in [0.15, 0.2) is 387 Å². The van der Waals surface area contributed by atoms with Gasteiger partial charge in [0.05, 0.1) is 0 Å². The van der Waals surface area contributed by atoms with E-state index in [0.29, 0.717) is 37.9 Å². The molecule has 1 nitrogen and oxygen atoms in total. The summed E-state index contributed by atoms with van der Waals surface area (Å²) in [7, 11) is 0. The predicted octanol–water partition coefficient (Wildman–Crippen LogP) is 45.4. The number of benzene rings is 14. The summed E-state index contributed by atoms with van der Waals surface area (Å²) in [4.78, 5) is 0. The average molecular weight is 1840 g/mol. The van der Waals surface area contributed by atoms with Gasteiger partial charge in [0.25, 0.3) is 0 Å². The number of thiophene rings is 1. The van der Waals surface area contributed by atoms with Gasteiger partial charge in [-0.05, 0) is 124 Å². The second-order valence-electron chi connectivity index (χ2n) is 42.5. The molecule has 736 valence electrons. The monoisotopic (exact) mass is 1840 g/mol. The molecule has 17 rings (SSSR count). The van der Waals surface area contributed by atoms with Crippen molar-refractivity contribution in [2.75, 3.05) is 0 Å². The summed E-state index contributed by atoms with van der Waals surface area (Å²) < 4.78 is 8.41. The summed E-state index contributed by atoms with van der Waals surface area (Å²) in [5, 5.41) is 7.76. The molecule has 0 radical (unpaired) electrons. The molecule has 135 heavy (non-hydrogen) atoms. The van der Waals surface area contributed by atoms with E-state index in [-0.39, 0.29) is 5.41 Å². The molecular weight excluding hydrogens is 1650 g/mol. The highest BCUT2D eigenvalue weighted by molar-refractivity contribution is 7.25. The first-order chi connectivity index (χ1) is 63.4. The number of hydrogen-bond donors (Lipinski definition) is 0. The zero-order valence-corrected chi connectivity index (χ0v) is 94.5. The lowest BCUT2D eigenvalue weighted by Crippen LogP contribution is -2.14. The van der Waals surface area contributed by atoms with Crippen LogP contribution in [0.2, 0.25) is 0 Å². The highest BCUT2D eigenvalue weighted by Gasteiger charge is 2.34. The van der Waals surface area contributed by atoms with Crippen LogP contribution in [0.1, 0.15) is 307 Å². The normalized spacial score (nSPS) is 10.5. The van der Waals surface area contributed by atoms with Crippen molar-refractivity contribution in [3.05, 3.63) is 399 Å². The van der Waals surface area contributed by atoms with Gasteiger partial charge in [-0.25, -0.2) is 0 Å². The molecule has 2 aromatic heterocycles. The van der Waals surface area contributed by atoms with Crippen LogP contribution in [0.5, 0.6) is 0 Å². The number of hydrogen-bond acceptors (Lipinski definition) is 2. The third-order valence-corrected chi connectivity index (χ3v) is 16.2. The number of para-hydroxylation sites is 2. The molecule has 0 atom stereocenters. The van der Waals surface area contributed by atoms with Crippen LogP contribution < -0.4 is 0 Å². The topological polar surface area (TPSA) is 13.1 Å². The Balaban J connectivity index is -0.000000687. The van der Waals surface area contributed by atoms with Crippen molar-refractivity contribution in [3.8, 4) is 33.4 Å². The Morgan fingerprint density at radius 2 is 0.348 bits per heavy atom. The molecule has 0 amide bonds. The highest BCUT2D eigenvalue weighted by atomic mass is 32.1. The first-order valence-corrected chi connectivity index (χ1v) is 50.8. The highest BCUT2D eigenvalue weighted by Crippen LogP contribution is 2.48. The summed E-state index contributed by atoms with van der Waals surface area (Å²) >= 11 is 1.86. The molecule has 1 aliphatic rings. The molecular formula is C133H192OS. The van der Waals surface area contributed by atoms with Gasteiger partial charge < -0.3 is 4.42 Å². The van der Waals surface area contributed by atoms with E-state index < -0.39 is 0 Å². The Hall–Kier alpha value is -10.6. The molecule has 0 spiro atoms. The number of fused-ring (bicyclic) bond motifs is 10. The average Bonchev–Trinajstić information content (AvgIpc) is 1.59. The van der Waals surface area contributed by atoms with Gasteiger partial charge in [-0.2, -0.15) is 0 Å². The van der Waals surface area contributed by atoms with Crippen LogP contribution in [0.3, 0.4) is 0 Å². The lowest BCUT2D eigenvalue weighted by Gasteiger charge is -2.20. The van der Waals surface area contributed by atoms with Crippen molar-refractivity contribution in [1.29, 1.82) is 0 Å². The van der Waals surface area contributed by atoms with Crippen molar-refractivity contribution in [2.45, 2.75) is 303 Å². The maximum Gasteiger partial charge on any atom is 0.135 e. The number of aryl methyl sites for hydroxylation is 1. The first-order valence-electron chi connectivity index (χ1n) is 50.0. The zero-order chi connectivity index (χ0) is 104. The Morgan fingerprint density at radius 3 is 0.563 bits per heavy atom. The summed E-state index contributed by atoms with van der Waals surface area (Å²) in [5.41, 5.74) is 17.7. The van der Waals surface area contributed by atoms with Gasteiger partial charge in [-0.1, -0.05) is 654 Å². The van der Waals surface area contributed by atoms with Crippen molar-refractivity contribution < 1.29 is 4.42 Å². The summed E-state index contributed by atoms with van der Waals surface area (Å²) in [6, 6.07) is 131. The van der Waals surface area contributed by atoms with Crippen molar-refractivity contribution >= 4 is 64.2 Å². The van der Waals surface area contributed by atoms with Crippen molar-refractivity contribution in [1.82, 2.24) is 0 Å². The van der Waals surface area contributed by atoms with Crippen LogP contribution >= 0.6 is 11.3 Å². The fourth-order valence-corrected chi connectivity index (χ4v) is 11.7. The first kappa shape index (κ1) is 131. The molecule has 2 heterocycles.